The minimum Gasteiger partial charge on any atom is -0.472 e. The van der Waals surface area contributed by atoms with E-state index in [1.54, 1.807) is 18.6 Å². The van der Waals surface area contributed by atoms with Gasteiger partial charge in [-0.25, -0.2) is 5.43 Å². The van der Waals surface area contributed by atoms with E-state index in [9.17, 15) is 4.79 Å². The number of carbonyl (C=O) groups is 1. The lowest BCUT2D eigenvalue weighted by Gasteiger charge is -1.98. The molecule has 2 aromatic rings. The fraction of sp³-hybridized carbons (Fsp3) is 0.0769. The number of carbonyl (C=O) groups excluding carboxylic acids is 1. The Bertz CT molecular complexity index is 742. The van der Waals surface area contributed by atoms with Gasteiger partial charge in [0.05, 0.1) is 27.5 Å². The van der Waals surface area contributed by atoms with Crippen molar-refractivity contribution in [3.05, 3.63) is 48.3 Å². The van der Waals surface area contributed by atoms with Crippen LogP contribution in [0.2, 0.25) is 0 Å². The Balaban J connectivity index is 2.07. The number of rotatable bonds is 2. The van der Waals surface area contributed by atoms with Crippen LogP contribution < -0.4 is 5.43 Å². The maximum absolute atomic E-state index is 11.9. The lowest BCUT2D eigenvalue weighted by Crippen LogP contribution is -2.13. The lowest BCUT2D eigenvalue weighted by molar-refractivity contribution is -0.116. The highest BCUT2D eigenvalue weighted by atomic mass is 127. The Kier molecular flexibility index (Phi) is 3.71. The third-order valence-corrected chi connectivity index (χ3v) is 5.46. The number of amides is 1. The Morgan fingerprint density at radius 2 is 2.20 bits per heavy atom. The van der Waals surface area contributed by atoms with Gasteiger partial charge in [0.15, 0.2) is 0 Å². The van der Waals surface area contributed by atoms with Crippen molar-refractivity contribution < 1.29 is 9.21 Å². The minimum absolute atomic E-state index is 0.209. The van der Waals surface area contributed by atoms with Gasteiger partial charge in [-0.05, 0) is 69.8 Å². The number of aromatic amines is 1. The fourth-order valence-corrected chi connectivity index (χ4v) is 3.53. The van der Waals surface area contributed by atoms with Gasteiger partial charge in [-0.2, -0.15) is 5.10 Å². The maximum Gasteiger partial charge on any atom is 0.273 e. The van der Waals surface area contributed by atoms with Crippen molar-refractivity contribution in [2.45, 2.75) is 6.92 Å². The lowest BCUT2D eigenvalue weighted by atomic mass is 10.0. The number of H-pyrrole nitrogens is 1. The van der Waals surface area contributed by atoms with Crippen molar-refractivity contribution in [2.24, 2.45) is 5.10 Å². The van der Waals surface area contributed by atoms with Crippen molar-refractivity contribution in [1.29, 1.82) is 0 Å². The molecule has 0 saturated carbocycles. The first kappa shape index (κ1) is 13.9. The molecule has 0 radical (unpaired) electrons. The quantitative estimate of drug-likeness (QED) is 0.499. The number of hydrogen-bond donors (Lipinski definition) is 2. The molecule has 0 aliphatic carbocycles. The standard InChI is InChI=1S/C13H9I2N3O2/c1-6-10(14)9(16-12(6)15)4-8-11(17-18-13(8)19)7-2-3-20-5-7/h2-5,16H,1H3,(H,18,19)/b8-4-. The number of hydrazone groups is 1. The van der Waals surface area contributed by atoms with E-state index in [2.05, 4.69) is 60.7 Å². The van der Waals surface area contributed by atoms with Crippen LogP contribution in [0.3, 0.4) is 0 Å². The zero-order valence-corrected chi connectivity index (χ0v) is 14.6. The van der Waals surface area contributed by atoms with Crippen LogP contribution in [0.25, 0.3) is 6.08 Å². The van der Waals surface area contributed by atoms with Gasteiger partial charge in [-0.15, -0.1) is 0 Å². The SMILES string of the molecule is Cc1c(I)[nH]c(/C=C2\C(=O)NN=C2c2ccoc2)c1I. The molecule has 0 unspecified atom stereocenters. The highest BCUT2D eigenvalue weighted by Gasteiger charge is 2.25. The third-order valence-electron chi connectivity index (χ3n) is 2.99. The molecule has 0 aromatic carbocycles. The molecule has 1 aliphatic heterocycles. The summed E-state index contributed by atoms with van der Waals surface area (Å²) in [6.45, 7) is 2.04. The second-order valence-corrected chi connectivity index (χ2v) is 6.42. The van der Waals surface area contributed by atoms with E-state index < -0.39 is 0 Å². The van der Waals surface area contributed by atoms with Gasteiger partial charge < -0.3 is 9.40 Å². The zero-order chi connectivity index (χ0) is 14.3. The van der Waals surface area contributed by atoms with Gasteiger partial charge in [-0.1, -0.05) is 0 Å². The van der Waals surface area contributed by atoms with Crippen molar-refractivity contribution in [1.82, 2.24) is 10.4 Å². The molecule has 7 heteroatoms. The summed E-state index contributed by atoms with van der Waals surface area (Å²) < 4.78 is 7.22. The molecule has 0 spiro atoms. The number of aromatic nitrogens is 1. The van der Waals surface area contributed by atoms with Crippen LogP contribution in [-0.2, 0) is 4.79 Å². The van der Waals surface area contributed by atoms with Crippen LogP contribution in [0, 0.1) is 14.2 Å². The first-order valence-corrected chi connectivity index (χ1v) is 7.90. The molecular formula is C13H9I2N3O2. The zero-order valence-electron chi connectivity index (χ0n) is 10.3. The third kappa shape index (κ3) is 2.32. The largest absolute Gasteiger partial charge is 0.472 e. The fourth-order valence-electron chi connectivity index (χ4n) is 1.90. The minimum atomic E-state index is -0.209. The van der Waals surface area contributed by atoms with Crippen molar-refractivity contribution in [2.75, 3.05) is 0 Å². The molecule has 1 amide bonds. The first-order valence-electron chi connectivity index (χ1n) is 5.74. The molecule has 0 atom stereocenters. The number of halogens is 2. The predicted octanol–water partition coefficient (Wildman–Crippen LogP) is 3.04. The molecule has 3 heterocycles. The Hall–Kier alpha value is -1.10. The second-order valence-electron chi connectivity index (χ2n) is 4.26. The summed E-state index contributed by atoms with van der Waals surface area (Å²) in [5.41, 5.74) is 6.49. The predicted molar refractivity (Wildman–Crippen MR) is 92.3 cm³/mol. The van der Waals surface area contributed by atoms with E-state index in [0.717, 1.165) is 18.5 Å². The van der Waals surface area contributed by atoms with Gasteiger partial charge in [-0.3, -0.25) is 4.79 Å². The highest BCUT2D eigenvalue weighted by molar-refractivity contribution is 14.1. The summed E-state index contributed by atoms with van der Waals surface area (Å²) >= 11 is 4.51. The van der Waals surface area contributed by atoms with Crippen LogP contribution in [0.5, 0.6) is 0 Å². The van der Waals surface area contributed by atoms with Crippen LogP contribution in [0.15, 0.2) is 33.7 Å². The summed E-state index contributed by atoms with van der Waals surface area (Å²) in [5, 5.41) is 4.07. The average molecular weight is 493 g/mol. The smallest absolute Gasteiger partial charge is 0.273 e. The van der Waals surface area contributed by atoms with E-state index >= 15 is 0 Å². The normalized spacial score (nSPS) is 16.6. The monoisotopic (exact) mass is 493 g/mol. The van der Waals surface area contributed by atoms with E-state index in [-0.39, 0.29) is 5.91 Å². The van der Waals surface area contributed by atoms with Crippen molar-refractivity contribution in [3.8, 4) is 0 Å². The number of furan rings is 1. The van der Waals surface area contributed by atoms with Crippen LogP contribution in [0.1, 0.15) is 16.8 Å². The second kappa shape index (κ2) is 5.35. The highest BCUT2D eigenvalue weighted by Crippen LogP contribution is 2.25. The van der Waals surface area contributed by atoms with Gasteiger partial charge in [0.25, 0.3) is 5.91 Å². The summed E-state index contributed by atoms with van der Waals surface area (Å²) in [7, 11) is 0. The Labute approximate surface area is 142 Å². The molecular weight excluding hydrogens is 484 g/mol. The van der Waals surface area contributed by atoms with Crippen molar-refractivity contribution in [3.63, 3.8) is 0 Å². The van der Waals surface area contributed by atoms with E-state index in [4.69, 9.17) is 4.42 Å². The Morgan fingerprint density at radius 3 is 2.80 bits per heavy atom. The van der Waals surface area contributed by atoms with Gasteiger partial charge in [0.1, 0.15) is 5.71 Å². The maximum atomic E-state index is 11.9. The van der Waals surface area contributed by atoms with Crippen LogP contribution >= 0.6 is 45.2 Å². The van der Waals surface area contributed by atoms with E-state index in [0.29, 0.717) is 11.3 Å². The first-order chi connectivity index (χ1) is 9.58. The summed E-state index contributed by atoms with van der Waals surface area (Å²) in [5.74, 6) is -0.209. The number of nitrogens with zero attached hydrogens (tertiary/aromatic N) is 1. The molecule has 20 heavy (non-hydrogen) atoms. The average Bonchev–Trinajstić information content (AvgIpc) is 3.11. The summed E-state index contributed by atoms with van der Waals surface area (Å²) in [6, 6.07) is 1.78. The molecule has 2 aromatic heterocycles. The molecule has 102 valence electrons. The van der Waals surface area contributed by atoms with Gasteiger partial charge in [0.2, 0.25) is 0 Å². The number of nitrogens with one attached hydrogen (secondary N) is 2. The topological polar surface area (TPSA) is 70.4 Å². The molecule has 1 aliphatic rings. The molecule has 2 N–H and O–H groups in total. The van der Waals surface area contributed by atoms with Crippen molar-refractivity contribution >= 4 is 62.9 Å². The molecule has 0 bridgehead atoms. The summed E-state index contributed by atoms with van der Waals surface area (Å²) in [4.78, 5) is 15.2. The molecule has 5 nitrogen and oxygen atoms in total. The van der Waals surface area contributed by atoms with Gasteiger partial charge >= 0.3 is 0 Å². The summed E-state index contributed by atoms with van der Waals surface area (Å²) in [6.07, 6.45) is 4.95. The van der Waals surface area contributed by atoms with E-state index in [1.807, 2.05) is 13.0 Å². The number of hydrogen-bond acceptors (Lipinski definition) is 3. The molecule has 0 saturated heterocycles. The van der Waals surface area contributed by atoms with Gasteiger partial charge in [0, 0.05) is 9.13 Å². The van der Waals surface area contributed by atoms with Crippen LogP contribution in [0.4, 0.5) is 0 Å². The molecule has 0 fully saturated rings. The Morgan fingerprint density at radius 1 is 1.40 bits per heavy atom. The van der Waals surface area contributed by atoms with Crippen LogP contribution in [-0.4, -0.2) is 16.6 Å². The molecule has 3 rings (SSSR count). The van der Waals surface area contributed by atoms with E-state index in [1.165, 1.54) is 5.56 Å².